The number of rotatable bonds is 8. The van der Waals surface area contributed by atoms with E-state index in [1.807, 2.05) is 25.3 Å². The summed E-state index contributed by atoms with van der Waals surface area (Å²) >= 11 is 1.56. The van der Waals surface area contributed by atoms with Crippen molar-refractivity contribution in [3.63, 3.8) is 0 Å². The van der Waals surface area contributed by atoms with Gasteiger partial charge < -0.3 is 10.6 Å². The molecule has 2 aromatic carbocycles. The highest BCUT2D eigenvalue weighted by Crippen LogP contribution is 2.14. The van der Waals surface area contributed by atoms with E-state index in [1.54, 1.807) is 23.9 Å². The second-order valence-corrected chi connectivity index (χ2v) is 6.96. The van der Waals surface area contributed by atoms with Crippen molar-refractivity contribution in [3.8, 4) is 0 Å². The van der Waals surface area contributed by atoms with E-state index in [4.69, 9.17) is 0 Å². The van der Waals surface area contributed by atoms with Gasteiger partial charge in [-0.05, 0) is 43.6 Å². The number of nitrogens with one attached hydrogen (secondary N) is 2. The first-order valence-electron chi connectivity index (χ1n) is 8.32. The Morgan fingerprint density at radius 3 is 2.52 bits per heavy atom. The molecule has 1 atom stereocenters. The van der Waals surface area contributed by atoms with Crippen LogP contribution in [0.2, 0.25) is 0 Å². The number of anilines is 1. The molecule has 0 aliphatic rings. The predicted octanol–water partition coefficient (Wildman–Crippen LogP) is 3.39. The molecule has 0 spiro atoms. The molecule has 2 rings (SSSR count). The summed E-state index contributed by atoms with van der Waals surface area (Å²) in [7, 11) is 0. The van der Waals surface area contributed by atoms with Crippen molar-refractivity contribution in [3.05, 3.63) is 69.8 Å². The Kier molecular flexibility index (Phi) is 7.36. The van der Waals surface area contributed by atoms with Gasteiger partial charge in [-0.3, -0.25) is 19.7 Å². The van der Waals surface area contributed by atoms with Gasteiger partial charge in [0, 0.05) is 23.4 Å². The highest BCUT2D eigenvalue weighted by Gasteiger charge is 2.22. The van der Waals surface area contributed by atoms with E-state index >= 15 is 0 Å². The number of hydrogen-bond donors (Lipinski definition) is 2. The largest absolute Gasteiger partial charge is 0.340 e. The van der Waals surface area contributed by atoms with Crippen molar-refractivity contribution in [2.75, 3.05) is 17.3 Å². The number of amides is 2. The molecule has 0 aromatic heterocycles. The van der Waals surface area contributed by atoms with Gasteiger partial charge in [0.25, 0.3) is 11.6 Å². The van der Waals surface area contributed by atoms with Crippen molar-refractivity contribution >= 4 is 35.0 Å². The van der Waals surface area contributed by atoms with Gasteiger partial charge in [-0.15, -0.1) is 0 Å². The lowest BCUT2D eigenvalue weighted by molar-refractivity contribution is -0.384. The Balaban J connectivity index is 2.11. The summed E-state index contributed by atoms with van der Waals surface area (Å²) in [6.45, 7) is 1.95. The molecule has 0 saturated carbocycles. The van der Waals surface area contributed by atoms with Crippen molar-refractivity contribution in [1.29, 1.82) is 0 Å². The number of carbonyl (C=O) groups is 2. The van der Waals surface area contributed by atoms with E-state index in [9.17, 15) is 19.7 Å². The summed E-state index contributed by atoms with van der Waals surface area (Å²) in [6.07, 6.45) is 2.36. The molecule has 8 heteroatoms. The number of hydrogen-bond acceptors (Lipinski definition) is 5. The van der Waals surface area contributed by atoms with Gasteiger partial charge in [-0.1, -0.05) is 23.8 Å². The first-order chi connectivity index (χ1) is 12.9. The van der Waals surface area contributed by atoms with Crippen LogP contribution in [0.15, 0.2) is 48.5 Å². The summed E-state index contributed by atoms with van der Waals surface area (Å²) in [4.78, 5) is 35.4. The molecule has 0 aliphatic heterocycles. The normalized spacial score (nSPS) is 11.5. The Morgan fingerprint density at radius 1 is 1.19 bits per heavy atom. The molecule has 0 bridgehead atoms. The van der Waals surface area contributed by atoms with Crippen molar-refractivity contribution in [1.82, 2.24) is 5.32 Å². The second-order valence-electron chi connectivity index (χ2n) is 5.97. The molecular weight excluding hydrogens is 366 g/mol. The molecule has 2 aromatic rings. The van der Waals surface area contributed by atoms with Crippen LogP contribution in [0.1, 0.15) is 22.3 Å². The molecule has 27 heavy (non-hydrogen) atoms. The van der Waals surface area contributed by atoms with Gasteiger partial charge in [0.1, 0.15) is 6.04 Å². The first kappa shape index (κ1) is 20.4. The zero-order valence-electron chi connectivity index (χ0n) is 15.1. The Morgan fingerprint density at radius 2 is 1.89 bits per heavy atom. The number of carbonyl (C=O) groups excluding carboxylic acids is 2. The molecule has 2 N–H and O–H groups in total. The van der Waals surface area contributed by atoms with E-state index in [2.05, 4.69) is 10.6 Å². The fourth-order valence-corrected chi connectivity index (χ4v) is 2.84. The first-order valence-corrected chi connectivity index (χ1v) is 9.72. The van der Waals surface area contributed by atoms with Gasteiger partial charge in [0.05, 0.1) is 4.92 Å². The van der Waals surface area contributed by atoms with Gasteiger partial charge in [0.2, 0.25) is 5.91 Å². The van der Waals surface area contributed by atoms with Gasteiger partial charge in [0.15, 0.2) is 0 Å². The van der Waals surface area contributed by atoms with Crippen LogP contribution in [-0.2, 0) is 4.79 Å². The topological polar surface area (TPSA) is 101 Å². The van der Waals surface area contributed by atoms with Crippen LogP contribution in [-0.4, -0.2) is 34.8 Å². The van der Waals surface area contributed by atoms with Crippen LogP contribution >= 0.6 is 11.8 Å². The Hall–Kier alpha value is -2.87. The highest BCUT2D eigenvalue weighted by molar-refractivity contribution is 7.98. The maximum atomic E-state index is 12.6. The molecule has 0 fully saturated rings. The van der Waals surface area contributed by atoms with E-state index in [-0.39, 0.29) is 17.2 Å². The van der Waals surface area contributed by atoms with Gasteiger partial charge in [-0.25, -0.2) is 0 Å². The molecule has 0 heterocycles. The van der Waals surface area contributed by atoms with Gasteiger partial charge >= 0.3 is 0 Å². The van der Waals surface area contributed by atoms with Gasteiger partial charge in [-0.2, -0.15) is 11.8 Å². The quantitative estimate of drug-likeness (QED) is 0.534. The van der Waals surface area contributed by atoms with Crippen LogP contribution in [0.3, 0.4) is 0 Å². The molecule has 142 valence electrons. The van der Waals surface area contributed by atoms with Crippen LogP contribution in [0, 0.1) is 17.0 Å². The second kappa shape index (κ2) is 9.72. The lowest BCUT2D eigenvalue weighted by Crippen LogP contribution is -2.44. The lowest BCUT2D eigenvalue weighted by Gasteiger charge is -2.18. The molecule has 0 saturated heterocycles. The number of nitro groups is 1. The van der Waals surface area contributed by atoms with Crippen LogP contribution < -0.4 is 10.6 Å². The number of thioether (sulfide) groups is 1. The molecule has 2 amide bonds. The van der Waals surface area contributed by atoms with E-state index in [0.717, 1.165) is 5.56 Å². The van der Waals surface area contributed by atoms with Crippen molar-refractivity contribution in [2.45, 2.75) is 19.4 Å². The third-order valence-electron chi connectivity index (χ3n) is 3.87. The maximum Gasteiger partial charge on any atom is 0.270 e. The van der Waals surface area contributed by atoms with E-state index < -0.39 is 16.9 Å². The zero-order chi connectivity index (χ0) is 19.8. The fraction of sp³-hybridized carbons (Fsp3) is 0.263. The Labute approximate surface area is 161 Å². The van der Waals surface area contributed by atoms with Crippen molar-refractivity contribution < 1.29 is 14.5 Å². The number of nitro benzene ring substituents is 1. The average Bonchev–Trinajstić information content (AvgIpc) is 2.66. The molecular formula is C19H21N3O4S. The zero-order valence-corrected chi connectivity index (χ0v) is 15.9. The van der Waals surface area contributed by atoms with E-state index in [1.165, 1.54) is 24.3 Å². The standard InChI is InChI=1S/C19H21N3O4S/c1-13-6-8-15(9-7-13)20-19(24)17(10-11-27-2)21-18(23)14-4-3-5-16(12-14)22(25)26/h3-9,12,17H,10-11H2,1-2H3,(H,20,24)(H,21,23)/t17-/m0/s1. The molecule has 0 aliphatic carbocycles. The third-order valence-corrected chi connectivity index (χ3v) is 4.51. The number of benzene rings is 2. The van der Waals surface area contributed by atoms with Crippen molar-refractivity contribution in [2.24, 2.45) is 0 Å². The lowest BCUT2D eigenvalue weighted by atomic mass is 10.1. The predicted molar refractivity (Wildman–Crippen MR) is 107 cm³/mol. The summed E-state index contributed by atoms with van der Waals surface area (Å²) in [6, 6.07) is 12.0. The number of aryl methyl sites for hydroxylation is 1. The fourth-order valence-electron chi connectivity index (χ4n) is 2.37. The highest BCUT2D eigenvalue weighted by atomic mass is 32.2. The minimum atomic E-state index is -0.745. The summed E-state index contributed by atoms with van der Waals surface area (Å²) < 4.78 is 0. The summed E-state index contributed by atoms with van der Waals surface area (Å²) in [5.41, 5.74) is 1.68. The average molecular weight is 387 g/mol. The maximum absolute atomic E-state index is 12.6. The Bertz CT molecular complexity index is 824. The monoisotopic (exact) mass is 387 g/mol. The smallest absolute Gasteiger partial charge is 0.270 e. The molecule has 0 radical (unpaired) electrons. The summed E-state index contributed by atoms with van der Waals surface area (Å²) in [5.74, 6) is -0.170. The third kappa shape index (κ3) is 6.10. The van der Waals surface area contributed by atoms with E-state index in [0.29, 0.717) is 17.9 Å². The molecule has 0 unspecified atom stereocenters. The van der Waals surface area contributed by atoms with Crippen LogP contribution in [0.25, 0.3) is 0 Å². The number of non-ortho nitro benzene ring substituents is 1. The summed E-state index contributed by atoms with van der Waals surface area (Å²) in [5, 5.41) is 16.4. The minimum Gasteiger partial charge on any atom is -0.340 e. The number of nitrogens with zero attached hydrogens (tertiary/aromatic N) is 1. The SMILES string of the molecule is CSCC[C@H](NC(=O)c1cccc([N+](=O)[O-])c1)C(=O)Nc1ccc(C)cc1. The minimum absolute atomic E-state index is 0.140. The van der Waals surface area contributed by atoms with Crippen LogP contribution in [0.5, 0.6) is 0 Å². The van der Waals surface area contributed by atoms with Crippen LogP contribution in [0.4, 0.5) is 11.4 Å². The molecule has 7 nitrogen and oxygen atoms in total.